The van der Waals surface area contributed by atoms with Crippen molar-refractivity contribution >= 4 is 17.7 Å². The molecule has 0 bridgehead atoms. The van der Waals surface area contributed by atoms with Crippen LogP contribution in [0.25, 0.3) is 0 Å². The van der Waals surface area contributed by atoms with Gasteiger partial charge < -0.3 is 41.1 Å². The second kappa shape index (κ2) is 9.40. The number of hydrogen-bond acceptors (Lipinski definition) is 9. The van der Waals surface area contributed by atoms with Crippen molar-refractivity contribution in [1.82, 2.24) is 5.32 Å². The van der Waals surface area contributed by atoms with Crippen LogP contribution < -0.4 is 5.32 Å². The fourth-order valence-electron chi connectivity index (χ4n) is 1.59. The third-order valence-corrected chi connectivity index (χ3v) is 2.82. The first kappa shape index (κ1) is 20.4. The van der Waals surface area contributed by atoms with Gasteiger partial charge in [0.15, 0.2) is 0 Å². The van der Waals surface area contributed by atoms with Crippen LogP contribution in [-0.4, -0.2) is 97.1 Å². The Kier molecular flexibility index (Phi) is 8.70. The molecule has 0 aliphatic carbocycles. The molecule has 0 rings (SSSR count). The average Bonchev–Trinajstić information content (AvgIpc) is 2.49. The van der Waals surface area contributed by atoms with E-state index in [0.29, 0.717) is 0 Å². The minimum absolute atomic E-state index is 0.941. The number of carbonyl (C=O) groups is 3. The van der Waals surface area contributed by atoms with Crippen LogP contribution >= 0.6 is 0 Å². The van der Waals surface area contributed by atoms with Gasteiger partial charge in [0.2, 0.25) is 11.7 Å². The molecule has 11 nitrogen and oxygen atoms in total. The molecule has 0 aliphatic rings. The van der Waals surface area contributed by atoms with Crippen molar-refractivity contribution in [3.05, 3.63) is 0 Å². The number of carboxylic acid groups (broad SMARTS) is 1. The maximum atomic E-state index is 11.1. The molecule has 8 N–H and O–H groups in total. The number of amides is 1. The molecule has 0 radical (unpaired) electrons. The van der Waals surface area contributed by atoms with E-state index in [0.717, 1.165) is 0 Å². The Hall–Kier alpha value is -1.63. The molecular formula is C11H19NO10. The molecule has 1 amide bonds. The summed E-state index contributed by atoms with van der Waals surface area (Å²) in [4.78, 5) is 32.6. The number of aliphatic hydroxyl groups is 6. The van der Waals surface area contributed by atoms with Crippen LogP contribution in [0, 0.1) is 0 Å². The number of carbonyl (C=O) groups excluding carboxylic acids is 2. The number of hydrogen-bond donors (Lipinski definition) is 8. The van der Waals surface area contributed by atoms with E-state index in [9.17, 15) is 34.8 Å². The number of ketones is 1. The van der Waals surface area contributed by atoms with Gasteiger partial charge in [-0.25, -0.2) is 4.79 Å². The van der Waals surface area contributed by atoms with E-state index in [4.69, 9.17) is 15.3 Å². The monoisotopic (exact) mass is 325 g/mol. The maximum Gasteiger partial charge on any atom is 0.372 e. The lowest BCUT2D eigenvalue weighted by Gasteiger charge is -2.32. The van der Waals surface area contributed by atoms with Gasteiger partial charge in [-0.1, -0.05) is 0 Å². The van der Waals surface area contributed by atoms with Crippen molar-refractivity contribution < 1.29 is 50.1 Å². The van der Waals surface area contributed by atoms with E-state index in [1.165, 1.54) is 0 Å². The van der Waals surface area contributed by atoms with Crippen LogP contribution in [0.2, 0.25) is 0 Å². The molecule has 0 aliphatic heterocycles. The Morgan fingerprint density at radius 2 is 1.45 bits per heavy atom. The van der Waals surface area contributed by atoms with Crippen molar-refractivity contribution in [1.29, 1.82) is 0 Å². The van der Waals surface area contributed by atoms with Crippen LogP contribution in [0.4, 0.5) is 0 Å². The summed E-state index contributed by atoms with van der Waals surface area (Å²) in [7, 11) is 0. The molecule has 0 fully saturated rings. The van der Waals surface area contributed by atoms with Crippen molar-refractivity contribution in [3.8, 4) is 0 Å². The summed E-state index contributed by atoms with van der Waals surface area (Å²) in [5, 5.41) is 66.0. The van der Waals surface area contributed by atoms with Crippen LogP contribution in [0.1, 0.15) is 6.42 Å². The summed E-state index contributed by atoms with van der Waals surface area (Å²) >= 11 is 0. The highest BCUT2D eigenvalue weighted by atomic mass is 16.4. The number of rotatable bonds is 10. The van der Waals surface area contributed by atoms with E-state index in [-0.39, 0.29) is 0 Å². The zero-order valence-electron chi connectivity index (χ0n) is 11.4. The zero-order chi connectivity index (χ0) is 17.4. The smallest absolute Gasteiger partial charge is 0.372 e. The molecule has 0 heterocycles. The summed E-state index contributed by atoms with van der Waals surface area (Å²) in [6.45, 7) is -1.98. The van der Waals surface area contributed by atoms with Crippen LogP contribution in [0.5, 0.6) is 0 Å². The highest BCUT2D eigenvalue weighted by Gasteiger charge is 2.37. The molecule has 5 atom stereocenters. The Labute approximate surface area is 124 Å². The van der Waals surface area contributed by atoms with Crippen LogP contribution in [-0.2, 0) is 14.4 Å². The number of aliphatic hydroxyl groups excluding tert-OH is 6. The predicted molar refractivity (Wildman–Crippen MR) is 67.4 cm³/mol. The third-order valence-electron chi connectivity index (χ3n) is 2.82. The number of Topliss-reactive ketones (excluding diaryl/α,β-unsaturated/α-hetero) is 1. The molecule has 0 unspecified atom stereocenters. The fraction of sp³-hybridized carbons (Fsp3) is 0.727. The van der Waals surface area contributed by atoms with Crippen molar-refractivity contribution in [3.63, 3.8) is 0 Å². The molecule has 128 valence electrons. The SMILES string of the molecule is O=C(CO)N[C@@H]([C@@H](O)[C@H](O)[C@H](O)CO)[C@@H](O)CC(=O)C(=O)O. The molecule has 0 saturated carbocycles. The second-order valence-corrected chi connectivity index (χ2v) is 4.48. The molecule has 0 spiro atoms. The summed E-state index contributed by atoms with van der Waals surface area (Å²) in [6, 6.07) is -1.76. The molecule has 22 heavy (non-hydrogen) atoms. The first-order valence-electron chi connectivity index (χ1n) is 6.15. The van der Waals surface area contributed by atoms with Gasteiger partial charge in [-0.05, 0) is 0 Å². The Bertz CT molecular complexity index is 400. The standard InChI is InChI=1S/C11H19NO10/c13-2-6(17)9(19)10(20)8(12-7(18)3-14)4(15)1-5(16)11(21)22/h4,6,8-10,13-15,17,19-20H,1-3H2,(H,12,18)(H,21,22)/t4-,6+,8+,9+,10+/m0/s1. The number of carboxylic acids is 1. The van der Waals surface area contributed by atoms with Crippen molar-refractivity contribution in [2.45, 2.75) is 36.9 Å². The van der Waals surface area contributed by atoms with Crippen LogP contribution in [0.3, 0.4) is 0 Å². The highest BCUT2D eigenvalue weighted by molar-refractivity contribution is 6.32. The summed E-state index contributed by atoms with van der Waals surface area (Å²) in [5.74, 6) is -4.35. The lowest BCUT2D eigenvalue weighted by atomic mass is 9.94. The van der Waals surface area contributed by atoms with Crippen molar-refractivity contribution in [2.24, 2.45) is 0 Å². The van der Waals surface area contributed by atoms with E-state index >= 15 is 0 Å². The van der Waals surface area contributed by atoms with Gasteiger partial charge in [0.25, 0.3) is 0 Å². The maximum absolute atomic E-state index is 11.1. The zero-order valence-corrected chi connectivity index (χ0v) is 11.4. The Morgan fingerprint density at radius 3 is 1.86 bits per heavy atom. The number of aliphatic carboxylic acids is 1. The fourth-order valence-corrected chi connectivity index (χ4v) is 1.59. The molecule has 0 aromatic carbocycles. The highest BCUT2D eigenvalue weighted by Crippen LogP contribution is 2.11. The molecule has 0 aromatic rings. The molecular weight excluding hydrogens is 306 g/mol. The third kappa shape index (κ3) is 6.01. The quantitative estimate of drug-likeness (QED) is 0.179. The topological polar surface area (TPSA) is 205 Å². The first-order valence-corrected chi connectivity index (χ1v) is 6.15. The van der Waals surface area contributed by atoms with Gasteiger partial charge >= 0.3 is 5.97 Å². The minimum atomic E-state index is -2.05. The predicted octanol–water partition coefficient (Wildman–Crippen LogP) is -5.06. The average molecular weight is 325 g/mol. The normalized spacial score (nSPS) is 17.9. The summed E-state index contributed by atoms with van der Waals surface area (Å²) in [6.07, 6.45) is -8.79. The Morgan fingerprint density at radius 1 is 0.909 bits per heavy atom. The van der Waals surface area contributed by atoms with Gasteiger partial charge in [0.1, 0.15) is 24.9 Å². The van der Waals surface area contributed by atoms with Crippen LogP contribution in [0.15, 0.2) is 0 Å². The van der Waals surface area contributed by atoms with E-state index in [1.807, 2.05) is 5.32 Å². The van der Waals surface area contributed by atoms with E-state index in [2.05, 4.69) is 0 Å². The lowest BCUT2D eigenvalue weighted by molar-refractivity contribution is -0.151. The Balaban J connectivity index is 5.13. The summed E-state index contributed by atoms with van der Waals surface area (Å²) < 4.78 is 0. The second-order valence-electron chi connectivity index (χ2n) is 4.48. The van der Waals surface area contributed by atoms with Crippen molar-refractivity contribution in [2.75, 3.05) is 13.2 Å². The van der Waals surface area contributed by atoms with E-state index < -0.39 is 67.8 Å². The molecule has 0 saturated heterocycles. The first-order chi connectivity index (χ1) is 10.1. The molecule has 0 aromatic heterocycles. The molecule has 11 heteroatoms. The van der Waals surface area contributed by atoms with Gasteiger partial charge in [0, 0.05) is 6.42 Å². The largest absolute Gasteiger partial charge is 0.475 e. The number of nitrogens with one attached hydrogen (secondary N) is 1. The summed E-state index contributed by atoms with van der Waals surface area (Å²) in [5.41, 5.74) is 0. The van der Waals surface area contributed by atoms with Gasteiger partial charge in [-0.2, -0.15) is 0 Å². The van der Waals surface area contributed by atoms with Gasteiger partial charge in [0.05, 0.1) is 18.8 Å². The minimum Gasteiger partial charge on any atom is -0.475 e. The van der Waals surface area contributed by atoms with Gasteiger partial charge in [-0.15, -0.1) is 0 Å². The van der Waals surface area contributed by atoms with Gasteiger partial charge in [-0.3, -0.25) is 9.59 Å². The van der Waals surface area contributed by atoms with E-state index in [1.54, 1.807) is 0 Å². The lowest BCUT2D eigenvalue weighted by Crippen LogP contribution is -2.58.